The topological polar surface area (TPSA) is 66.7 Å². The van der Waals surface area contributed by atoms with Crippen LogP contribution in [0.4, 0.5) is 0 Å². The molecule has 164 valence electrons. The number of morpholine rings is 1. The second-order valence-electron chi connectivity index (χ2n) is 7.92. The highest BCUT2D eigenvalue weighted by Crippen LogP contribution is 2.22. The molecule has 1 aliphatic rings. The maximum absolute atomic E-state index is 5.57. The Morgan fingerprint density at radius 1 is 1.13 bits per heavy atom. The fourth-order valence-corrected chi connectivity index (χ4v) is 3.88. The van der Waals surface area contributed by atoms with Crippen LogP contribution in [-0.4, -0.2) is 60.0 Å². The number of ether oxygens (including phenoxy) is 1. The van der Waals surface area contributed by atoms with Gasteiger partial charge in [-0.2, -0.15) is 5.10 Å². The van der Waals surface area contributed by atoms with E-state index in [1.54, 1.807) is 0 Å². The van der Waals surface area contributed by atoms with Gasteiger partial charge in [0.25, 0.3) is 0 Å². The highest BCUT2D eigenvalue weighted by molar-refractivity contribution is 5.79. The largest absolute Gasteiger partial charge is 0.379 e. The minimum atomic E-state index is 0.278. The van der Waals surface area contributed by atoms with E-state index in [0.29, 0.717) is 6.54 Å². The second kappa shape index (κ2) is 10.6. The van der Waals surface area contributed by atoms with Gasteiger partial charge in [-0.25, -0.2) is 4.99 Å². The number of hydrogen-bond acceptors (Lipinski definition) is 4. The molecule has 1 aliphatic heterocycles. The van der Waals surface area contributed by atoms with E-state index in [9.17, 15) is 0 Å². The van der Waals surface area contributed by atoms with Gasteiger partial charge in [-0.05, 0) is 33.3 Å². The molecule has 0 amide bonds. The van der Waals surface area contributed by atoms with Crippen molar-refractivity contribution in [1.29, 1.82) is 0 Å². The van der Waals surface area contributed by atoms with Gasteiger partial charge in [0.15, 0.2) is 5.96 Å². The number of rotatable bonds is 7. The lowest BCUT2D eigenvalue weighted by molar-refractivity contribution is 0.0170. The van der Waals surface area contributed by atoms with Crippen molar-refractivity contribution in [3.8, 4) is 0 Å². The Kier molecular flexibility index (Phi) is 7.87. The van der Waals surface area contributed by atoms with E-state index >= 15 is 0 Å². The first-order valence-electron chi connectivity index (χ1n) is 10.9. The molecular formula is C23H36N6O. The van der Waals surface area contributed by atoms with Crippen molar-refractivity contribution in [3.05, 3.63) is 52.3 Å². The summed E-state index contributed by atoms with van der Waals surface area (Å²) in [6.07, 6.45) is 0. The third-order valence-corrected chi connectivity index (χ3v) is 5.81. The number of aryl methyl sites for hydroxylation is 3. The Morgan fingerprint density at radius 3 is 2.43 bits per heavy atom. The van der Waals surface area contributed by atoms with Crippen LogP contribution in [0, 0.1) is 20.8 Å². The van der Waals surface area contributed by atoms with Crippen molar-refractivity contribution < 1.29 is 4.74 Å². The van der Waals surface area contributed by atoms with Crippen molar-refractivity contribution in [3.63, 3.8) is 0 Å². The van der Waals surface area contributed by atoms with Gasteiger partial charge in [0.05, 0.1) is 31.5 Å². The molecule has 2 heterocycles. The standard InChI is InChI=1S/C23H36N6O/c1-6-24-23(25-15-21-18(3)27-28(5)19(21)4)26-16-22(29-11-13-30-14-12-29)20-9-7-17(2)8-10-20/h7-10,22H,6,11-16H2,1-5H3,(H2,24,25,26). The lowest BCUT2D eigenvalue weighted by atomic mass is 10.0. The zero-order chi connectivity index (χ0) is 21.5. The number of aliphatic imine (C=N–C) groups is 1. The first-order valence-corrected chi connectivity index (χ1v) is 10.9. The fraction of sp³-hybridized carbons (Fsp3) is 0.565. The fourth-order valence-electron chi connectivity index (χ4n) is 3.88. The summed E-state index contributed by atoms with van der Waals surface area (Å²) in [7, 11) is 1.98. The van der Waals surface area contributed by atoms with E-state index in [1.165, 1.54) is 16.7 Å². The lowest BCUT2D eigenvalue weighted by Crippen LogP contribution is -2.46. The predicted molar refractivity (Wildman–Crippen MR) is 122 cm³/mol. The van der Waals surface area contributed by atoms with Gasteiger partial charge in [-0.1, -0.05) is 29.8 Å². The highest BCUT2D eigenvalue weighted by Gasteiger charge is 2.23. The number of aromatic nitrogens is 2. The predicted octanol–water partition coefficient (Wildman–Crippen LogP) is 2.47. The van der Waals surface area contributed by atoms with Crippen LogP contribution in [0.15, 0.2) is 29.3 Å². The molecule has 0 saturated carbocycles. The minimum absolute atomic E-state index is 0.278. The Morgan fingerprint density at radius 2 is 1.83 bits per heavy atom. The molecule has 0 radical (unpaired) electrons. The average molecular weight is 413 g/mol. The van der Waals surface area contributed by atoms with Crippen LogP contribution in [0.3, 0.4) is 0 Å². The molecule has 1 saturated heterocycles. The SMILES string of the molecule is CCNC(=NCc1c(C)nn(C)c1C)NCC(c1ccc(C)cc1)N1CCOCC1. The van der Waals surface area contributed by atoms with Crippen LogP contribution in [-0.2, 0) is 18.3 Å². The van der Waals surface area contributed by atoms with Crippen molar-refractivity contribution in [2.45, 2.75) is 40.3 Å². The van der Waals surface area contributed by atoms with Crippen molar-refractivity contribution in [1.82, 2.24) is 25.3 Å². The van der Waals surface area contributed by atoms with E-state index < -0.39 is 0 Å². The summed E-state index contributed by atoms with van der Waals surface area (Å²) in [4.78, 5) is 7.34. The molecule has 1 fully saturated rings. The molecule has 1 aromatic heterocycles. The highest BCUT2D eigenvalue weighted by atomic mass is 16.5. The summed E-state index contributed by atoms with van der Waals surface area (Å²) in [5, 5.41) is 11.5. The van der Waals surface area contributed by atoms with Gasteiger partial charge in [0.1, 0.15) is 0 Å². The molecule has 1 aromatic carbocycles. The van der Waals surface area contributed by atoms with E-state index in [1.807, 2.05) is 18.7 Å². The summed E-state index contributed by atoms with van der Waals surface area (Å²) in [6.45, 7) is 14.1. The van der Waals surface area contributed by atoms with Gasteiger partial charge in [-0.15, -0.1) is 0 Å². The monoisotopic (exact) mass is 412 g/mol. The third kappa shape index (κ3) is 5.61. The van der Waals surface area contributed by atoms with Crippen LogP contribution in [0.2, 0.25) is 0 Å². The van der Waals surface area contributed by atoms with Gasteiger partial charge < -0.3 is 15.4 Å². The first kappa shape index (κ1) is 22.3. The van der Waals surface area contributed by atoms with Crippen molar-refractivity contribution >= 4 is 5.96 Å². The second-order valence-corrected chi connectivity index (χ2v) is 7.92. The molecule has 7 heteroatoms. The number of nitrogens with one attached hydrogen (secondary N) is 2. The molecule has 0 spiro atoms. The van der Waals surface area contributed by atoms with Gasteiger partial charge in [0, 0.05) is 44.5 Å². The van der Waals surface area contributed by atoms with Crippen LogP contribution in [0.25, 0.3) is 0 Å². The number of nitrogens with zero attached hydrogens (tertiary/aromatic N) is 4. The maximum Gasteiger partial charge on any atom is 0.191 e. The smallest absolute Gasteiger partial charge is 0.191 e. The molecule has 2 aromatic rings. The molecule has 0 aliphatic carbocycles. The average Bonchev–Trinajstić information content (AvgIpc) is 2.99. The number of guanidine groups is 1. The molecule has 2 N–H and O–H groups in total. The number of hydrogen-bond donors (Lipinski definition) is 2. The molecule has 1 atom stereocenters. The molecule has 1 unspecified atom stereocenters. The molecule has 3 rings (SSSR count). The van der Waals surface area contributed by atoms with Crippen LogP contribution >= 0.6 is 0 Å². The summed E-state index contributed by atoms with van der Waals surface area (Å²) in [6, 6.07) is 9.14. The lowest BCUT2D eigenvalue weighted by Gasteiger charge is -2.35. The van der Waals surface area contributed by atoms with E-state index in [4.69, 9.17) is 9.73 Å². The van der Waals surface area contributed by atoms with Crippen LogP contribution < -0.4 is 10.6 Å². The Labute approximate surface area is 180 Å². The minimum Gasteiger partial charge on any atom is -0.379 e. The Bertz CT molecular complexity index is 836. The summed E-state index contributed by atoms with van der Waals surface area (Å²) in [5.74, 6) is 0.838. The summed E-state index contributed by atoms with van der Waals surface area (Å²) in [5.41, 5.74) is 6.01. The van der Waals surface area contributed by atoms with E-state index in [-0.39, 0.29) is 6.04 Å². The van der Waals surface area contributed by atoms with Crippen LogP contribution in [0.1, 0.15) is 41.0 Å². The van der Waals surface area contributed by atoms with E-state index in [2.05, 4.69) is 65.7 Å². The molecule has 0 bridgehead atoms. The van der Waals surface area contributed by atoms with Gasteiger partial charge >= 0.3 is 0 Å². The quantitative estimate of drug-likeness (QED) is 0.540. The summed E-state index contributed by atoms with van der Waals surface area (Å²) >= 11 is 0. The molecular weight excluding hydrogens is 376 g/mol. The van der Waals surface area contributed by atoms with E-state index in [0.717, 1.165) is 56.7 Å². The number of benzene rings is 1. The maximum atomic E-state index is 5.57. The zero-order valence-electron chi connectivity index (χ0n) is 19.0. The zero-order valence-corrected chi connectivity index (χ0v) is 19.0. The molecule has 7 nitrogen and oxygen atoms in total. The molecule has 30 heavy (non-hydrogen) atoms. The Balaban J connectivity index is 1.73. The van der Waals surface area contributed by atoms with Crippen molar-refractivity contribution in [2.75, 3.05) is 39.4 Å². The normalized spacial score (nSPS) is 16.5. The van der Waals surface area contributed by atoms with Crippen LogP contribution in [0.5, 0.6) is 0 Å². The van der Waals surface area contributed by atoms with Gasteiger partial charge in [0.2, 0.25) is 0 Å². The first-order chi connectivity index (χ1) is 14.5. The third-order valence-electron chi connectivity index (χ3n) is 5.81. The van der Waals surface area contributed by atoms with Gasteiger partial charge in [-0.3, -0.25) is 9.58 Å². The summed E-state index contributed by atoms with van der Waals surface area (Å²) < 4.78 is 7.50. The Hall–Kier alpha value is -2.38. The van der Waals surface area contributed by atoms with Crippen molar-refractivity contribution in [2.24, 2.45) is 12.0 Å².